The molecule has 2 aromatic rings. The zero-order chi connectivity index (χ0) is 14.8. The molecule has 1 N–H and O–H groups in total. The first-order valence-corrected chi connectivity index (χ1v) is 7.91. The molecule has 3 nitrogen and oxygen atoms in total. The summed E-state index contributed by atoms with van der Waals surface area (Å²) in [5.74, 6) is -0.688. The lowest BCUT2D eigenvalue weighted by molar-refractivity contribution is -0.138. The normalized spacial score (nSPS) is 11.6. The Labute approximate surface area is 129 Å². The Bertz CT molecular complexity index is 609. The molecule has 0 radical (unpaired) electrons. The van der Waals surface area contributed by atoms with E-state index in [0.29, 0.717) is 5.69 Å². The van der Waals surface area contributed by atoms with E-state index < -0.39 is 18.6 Å². The summed E-state index contributed by atoms with van der Waals surface area (Å²) in [4.78, 5) is 16.5. The Morgan fingerprint density at radius 1 is 1.35 bits per heavy atom. The van der Waals surface area contributed by atoms with Gasteiger partial charge < -0.3 is 5.32 Å². The fraction of sp³-hybridized carbons (Fsp3) is 0.273. The largest absolute Gasteiger partial charge is 0.405 e. The number of thiazole rings is 1. The second kappa shape index (κ2) is 6.23. The molecule has 9 heteroatoms. The molecule has 0 unspecified atom stereocenters. The maximum atomic E-state index is 12.0. The van der Waals surface area contributed by atoms with Gasteiger partial charge in [-0.2, -0.15) is 13.2 Å². The van der Waals surface area contributed by atoms with Gasteiger partial charge in [0.1, 0.15) is 11.6 Å². The van der Waals surface area contributed by atoms with Crippen LogP contribution >= 0.6 is 38.6 Å². The summed E-state index contributed by atoms with van der Waals surface area (Å²) in [6.45, 7) is -1.32. The summed E-state index contributed by atoms with van der Waals surface area (Å²) in [6.07, 6.45) is -4.55. The van der Waals surface area contributed by atoms with Gasteiger partial charge in [-0.1, -0.05) is 0 Å². The minimum atomic E-state index is -4.40. The highest BCUT2D eigenvalue weighted by atomic mass is 79.9. The lowest BCUT2D eigenvalue weighted by Gasteiger charge is -2.07. The molecular weight excluding hydrogens is 377 g/mol. The summed E-state index contributed by atoms with van der Waals surface area (Å²) >= 11 is 6.19. The second-order valence-electron chi connectivity index (χ2n) is 3.84. The topological polar surface area (TPSA) is 42.0 Å². The van der Waals surface area contributed by atoms with Crippen molar-refractivity contribution in [2.45, 2.75) is 12.6 Å². The number of alkyl halides is 3. The van der Waals surface area contributed by atoms with Crippen LogP contribution in [0.3, 0.4) is 0 Å². The smallest absolute Gasteiger partial charge is 0.347 e. The zero-order valence-corrected chi connectivity index (χ0v) is 13.0. The van der Waals surface area contributed by atoms with Crippen LogP contribution in [0.2, 0.25) is 0 Å². The molecule has 0 atom stereocenters. The van der Waals surface area contributed by atoms with Crippen molar-refractivity contribution in [3.8, 4) is 9.88 Å². The average molecular weight is 385 g/mol. The number of hydrogen-bond acceptors (Lipinski definition) is 4. The highest BCUT2D eigenvalue weighted by Crippen LogP contribution is 2.32. The van der Waals surface area contributed by atoms with Crippen molar-refractivity contribution in [3.05, 3.63) is 27.0 Å². The van der Waals surface area contributed by atoms with E-state index in [0.717, 1.165) is 14.4 Å². The minimum absolute atomic E-state index is 0.154. The van der Waals surface area contributed by atoms with Gasteiger partial charge in [0.2, 0.25) is 5.91 Å². The van der Waals surface area contributed by atoms with Gasteiger partial charge in [0.15, 0.2) is 0 Å². The molecule has 0 aliphatic heterocycles. The molecule has 0 aromatic carbocycles. The van der Waals surface area contributed by atoms with Gasteiger partial charge in [-0.15, -0.1) is 22.7 Å². The molecule has 1 amide bonds. The van der Waals surface area contributed by atoms with Crippen LogP contribution in [0.4, 0.5) is 13.2 Å². The molecular formula is C11H8BrF3N2OS2. The Morgan fingerprint density at radius 3 is 2.70 bits per heavy atom. The van der Waals surface area contributed by atoms with Gasteiger partial charge in [-0.25, -0.2) is 4.98 Å². The Hall–Kier alpha value is -0.930. The third-order valence-corrected chi connectivity index (χ3v) is 4.91. The van der Waals surface area contributed by atoms with Crippen molar-refractivity contribution in [2.24, 2.45) is 0 Å². The van der Waals surface area contributed by atoms with Crippen LogP contribution in [0.1, 0.15) is 5.69 Å². The SMILES string of the molecule is O=C(Cc1csc(-c2cc(Br)cs2)n1)NCC(F)(F)F. The summed E-state index contributed by atoms with van der Waals surface area (Å²) < 4.78 is 36.8. The molecule has 0 saturated heterocycles. The Morgan fingerprint density at radius 2 is 2.10 bits per heavy atom. The van der Waals surface area contributed by atoms with Gasteiger partial charge in [0.25, 0.3) is 0 Å². The number of carbonyl (C=O) groups is 1. The third-order valence-electron chi connectivity index (χ3n) is 2.16. The van der Waals surface area contributed by atoms with Gasteiger partial charge >= 0.3 is 6.18 Å². The predicted octanol–water partition coefficient (Wildman–Crippen LogP) is 3.86. The molecule has 0 aliphatic rings. The van der Waals surface area contributed by atoms with Crippen LogP contribution in [0, 0.1) is 0 Å². The van der Waals surface area contributed by atoms with Gasteiger partial charge in [-0.05, 0) is 22.0 Å². The number of nitrogens with one attached hydrogen (secondary N) is 1. The van der Waals surface area contributed by atoms with Gasteiger partial charge in [-0.3, -0.25) is 4.79 Å². The molecule has 0 fully saturated rings. The quantitative estimate of drug-likeness (QED) is 0.869. The van der Waals surface area contributed by atoms with Crippen molar-refractivity contribution in [1.29, 1.82) is 0 Å². The molecule has 0 spiro atoms. The van der Waals surface area contributed by atoms with Crippen LogP contribution in [0.15, 0.2) is 21.3 Å². The zero-order valence-electron chi connectivity index (χ0n) is 9.83. The van der Waals surface area contributed by atoms with E-state index >= 15 is 0 Å². The van der Waals surface area contributed by atoms with Crippen LogP contribution in [-0.2, 0) is 11.2 Å². The first kappa shape index (κ1) is 15.5. The lowest BCUT2D eigenvalue weighted by atomic mass is 10.3. The number of amides is 1. The summed E-state index contributed by atoms with van der Waals surface area (Å²) in [7, 11) is 0. The first-order valence-electron chi connectivity index (χ1n) is 5.36. The third kappa shape index (κ3) is 4.57. The van der Waals surface area contributed by atoms with E-state index in [2.05, 4.69) is 20.9 Å². The van der Waals surface area contributed by atoms with Crippen molar-refractivity contribution in [1.82, 2.24) is 10.3 Å². The number of halogens is 4. The van der Waals surface area contributed by atoms with Crippen molar-refractivity contribution < 1.29 is 18.0 Å². The van der Waals surface area contributed by atoms with Gasteiger partial charge in [0, 0.05) is 15.2 Å². The van der Waals surface area contributed by atoms with Crippen LogP contribution in [0.25, 0.3) is 9.88 Å². The van der Waals surface area contributed by atoms with Gasteiger partial charge in [0.05, 0.1) is 17.0 Å². The van der Waals surface area contributed by atoms with E-state index in [1.807, 2.05) is 16.8 Å². The summed E-state index contributed by atoms with van der Waals surface area (Å²) in [5.41, 5.74) is 0.467. The van der Waals surface area contributed by atoms with E-state index in [9.17, 15) is 18.0 Å². The fourth-order valence-corrected chi connectivity index (χ4v) is 3.68. The number of rotatable bonds is 4. The molecule has 0 aliphatic carbocycles. The Balaban J connectivity index is 1.94. The number of thiophene rings is 1. The van der Waals surface area contributed by atoms with Crippen LogP contribution in [-0.4, -0.2) is 23.6 Å². The number of nitrogens with zero attached hydrogens (tertiary/aromatic N) is 1. The van der Waals surface area contributed by atoms with E-state index in [1.54, 1.807) is 5.38 Å². The number of carbonyl (C=O) groups excluding carboxylic acids is 1. The van der Waals surface area contributed by atoms with Crippen LogP contribution in [0.5, 0.6) is 0 Å². The average Bonchev–Trinajstić information content (AvgIpc) is 2.94. The molecule has 0 saturated carbocycles. The van der Waals surface area contributed by atoms with Crippen LogP contribution < -0.4 is 5.32 Å². The van der Waals surface area contributed by atoms with E-state index in [1.165, 1.54) is 22.7 Å². The number of hydrogen-bond donors (Lipinski definition) is 1. The van der Waals surface area contributed by atoms with Crippen molar-refractivity contribution in [3.63, 3.8) is 0 Å². The lowest BCUT2D eigenvalue weighted by Crippen LogP contribution is -2.34. The second-order valence-corrected chi connectivity index (χ2v) is 6.53. The molecule has 2 rings (SSSR count). The van der Waals surface area contributed by atoms with Crippen molar-refractivity contribution in [2.75, 3.05) is 6.54 Å². The standard InChI is InChI=1S/C11H8BrF3N2OS2/c12-6-1-8(19-3-6)10-17-7(4-20-10)2-9(18)16-5-11(13,14)15/h1,3-4H,2,5H2,(H,16,18). The highest BCUT2D eigenvalue weighted by Gasteiger charge is 2.27. The maximum Gasteiger partial charge on any atom is 0.405 e. The summed E-state index contributed by atoms with van der Waals surface area (Å²) in [5, 5.41) is 6.16. The highest BCUT2D eigenvalue weighted by molar-refractivity contribution is 9.10. The molecule has 0 bridgehead atoms. The Kier molecular flexibility index (Phi) is 4.82. The first-order chi connectivity index (χ1) is 9.33. The minimum Gasteiger partial charge on any atom is -0.347 e. The van der Waals surface area contributed by atoms with E-state index in [-0.39, 0.29) is 6.42 Å². The molecule has 2 aromatic heterocycles. The molecule has 108 valence electrons. The van der Waals surface area contributed by atoms with Crippen molar-refractivity contribution >= 4 is 44.5 Å². The van der Waals surface area contributed by atoms with E-state index in [4.69, 9.17) is 0 Å². The number of aromatic nitrogens is 1. The molecule has 20 heavy (non-hydrogen) atoms. The summed E-state index contributed by atoms with van der Waals surface area (Å²) in [6, 6.07) is 1.90. The maximum absolute atomic E-state index is 12.0. The molecule has 2 heterocycles. The predicted molar refractivity (Wildman–Crippen MR) is 75.9 cm³/mol. The monoisotopic (exact) mass is 384 g/mol. The fourth-order valence-electron chi connectivity index (χ4n) is 1.35.